The Hall–Kier alpha value is -0.520. The monoisotopic (exact) mass is 323 g/mol. The highest BCUT2D eigenvalue weighted by molar-refractivity contribution is 8.01. The topological polar surface area (TPSA) is 60.8 Å². The second-order valence-electron chi connectivity index (χ2n) is 7.82. The lowest BCUT2D eigenvalue weighted by molar-refractivity contribution is -0.140. The van der Waals surface area contributed by atoms with Crippen molar-refractivity contribution >= 4 is 17.7 Å². The number of rotatable bonds is 2. The fourth-order valence-corrected chi connectivity index (χ4v) is 7.76. The molecule has 0 saturated heterocycles. The molecule has 1 heterocycles. The summed E-state index contributed by atoms with van der Waals surface area (Å²) in [6.45, 7) is 1.47. The van der Waals surface area contributed by atoms with Crippen LogP contribution in [0.15, 0.2) is 12.2 Å². The molecule has 0 aromatic carbocycles. The molecule has 3 atom stereocenters. The lowest BCUT2D eigenvalue weighted by Gasteiger charge is -2.58. The molecule has 3 unspecified atom stereocenters. The Morgan fingerprint density at radius 1 is 1.09 bits per heavy atom. The summed E-state index contributed by atoms with van der Waals surface area (Å²) in [5, 5.41) is 20.2. The number of aliphatic hydroxyl groups excluding tert-OH is 2. The number of carbonyl (C=O) groups is 1. The van der Waals surface area contributed by atoms with Gasteiger partial charge < -0.3 is 10.2 Å². The van der Waals surface area contributed by atoms with Gasteiger partial charge in [-0.2, -0.15) is 0 Å². The number of aliphatic hydroxyl groups is 2. The van der Waals surface area contributed by atoms with E-state index < -0.39 is 12.3 Å². The van der Waals surface area contributed by atoms with Gasteiger partial charge in [-0.1, -0.05) is 6.08 Å². The third kappa shape index (κ3) is 2.42. The van der Waals surface area contributed by atoms with E-state index in [2.05, 4.69) is 0 Å². The van der Waals surface area contributed by atoms with Crippen molar-refractivity contribution in [2.24, 2.45) is 17.8 Å². The number of hydrogen-bond acceptors (Lipinski definition) is 4. The predicted molar refractivity (Wildman–Crippen MR) is 86.0 cm³/mol. The van der Waals surface area contributed by atoms with Gasteiger partial charge in [0.05, 0.1) is 0 Å². The maximum atomic E-state index is 12.0. The second-order valence-corrected chi connectivity index (χ2v) is 9.41. The van der Waals surface area contributed by atoms with Gasteiger partial charge in [-0.3, -0.25) is 9.69 Å². The van der Waals surface area contributed by atoms with Crippen molar-refractivity contribution in [3.8, 4) is 0 Å². The summed E-state index contributed by atoms with van der Waals surface area (Å²) >= 11 is 1.77. The molecular formula is C17H25NO3S. The van der Waals surface area contributed by atoms with Gasteiger partial charge in [0, 0.05) is 11.7 Å². The molecule has 2 N–H and O–H groups in total. The van der Waals surface area contributed by atoms with Crippen LogP contribution in [0.25, 0.3) is 0 Å². The molecule has 0 aromatic rings. The molecule has 4 nitrogen and oxygen atoms in total. The standard InChI is InChI=1S/C17H25NO3S/c1-10(19)18-15(21)3-2-14(20)16(18)22-17-7-11-4-12(8-17)6-13(5-11)9-17/h2-3,11-16,20-21H,4-9H2,1H3. The summed E-state index contributed by atoms with van der Waals surface area (Å²) < 4.78 is 0.207. The number of hydrogen-bond donors (Lipinski definition) is 2. The fourth-order valence-electron chi connectivity index (χ4n) is 5.64. The van der Waals surface area contributed by atoms with Gasteiger partial charge in [0.15, 0.2) is 0 Å². The van der Waals surface area contributed by atoms with Gasteiger partial charge in [-0.15, -0.1) is 11.8 Å². The highest BCUT2D eigenvalue weighted by Gasteiger charge is 2.53. The Balaban J connectivity index is 1.59. The molecule has 1 amide bonds. The molecule has 5 rings (SSSR count). The molecule has 0 radical (unpaired) electrons. The Labute approximate surface area is 135 Å². The third-order valence-electron chi connectivity index (χ3n) is 6.05. The van der Waals surface area contributed by atoms with Crippen LogP contribution in [0.2, 0.25) is 0 Å². The van der Waals surface area contributed by atoms with Crippen LogP contribution in [0.3, 0.4) is 0 Å². The van der Waals surface area contributed by atoms with Crippen LogP contribution in [0, 0.1) is 17.8 Å². The summed E-state index contributed by atoms with van der Waals surface area (Å²) in [5.74, 6) is 2.35. The lowest BCUT2D eigenvalue weighted by Crippen LogP contribution is -2.56. The van der Waals surface area contributed by atoms with Crippen molar-refractivity contribution < 1.29 is 15.0 Å². The first kappa shape index (κ1) is 15.0. The van der Waals surface area contributed by atoms with Crippen molar-refractivity contribution in [1.82, 2.24) is 4.90 Å². The quantitative estimate of drug-likeness (QED) is 0.764. The molecule has 5 aliphatic rings. The maximum absolute atomic E-state index is 12.0. The normalized spacial score (nSPS) is 49.7. The summed E-state index contributed by atoms with van der Waals surface area (Å²) in [5.41, 5.74) is 0. The smallest absolute Gasteiger partial charge is 0.222 e. The molecule has 22 heavy (non-hydrogen) atoms. The Bertz CT molecular complexity index is 471. The first-order valence-electron chi connectivity index (χ1n) is 8.47. The van der Waals surface area contributed by atoms with E-state index in [0.29, 0.717) is 0 Å². The average Bonchev–Trinajstić information content (AvgIpc) is 2.40. The van der Waals surface area contributed by atoms with Crippen molar-refractivity contribution in [2.45, 2.75) is 67.9 Å². The van der Waals surface area contributed by atoms with E-state index in [4.69, 9.17) is 0 Å². The summed E-state index contributed by atoms with van der Waals surface area (Å²) in [7, 11) is 0. The van der Waals surface area contributed by atoms with Crippen LogP contribution in [0.4, 0.5) is 0 Å². The van der Waals surface area contributed by atoms with Crippen LogP contribution in [0.5, 0.6) is 0 Å². The van der Waals surface area contributed by atoms with Crippen LogP contribution in [-0.2, 0) is 4.79 Å². The van der Waals surface area contributed by atoms with Crippen molar-refractivity contribution in [1.29, 1.82) is 0 Å². The molecule has 4 bridgehead atoms. The van der Waals surface area contributed by atoms with Gasteiger partial charge in [0.2, 0.25) is 5.91 Å². The molecular weight excluding hydrogens is 298 g/mol. The average molecular weight is 323 g/mol. The molecule has 122 valence electrons. The van der Waals surface area contributed by atoms with E-state index in [1.807, 2.05) is 0 Å². The number of thioether (sulfide) groups is 1. The molecule has 4 aliphatic carbocycles. The minimum atomic E-state index is -0.910. The third-order valence-corrected chi connectivity index (χ3v) is 7.80. The van der Waals surface area contributed by atoms with Crippen LogP contribution < -0.4 is 0 Å². The Morgan fingerprint density at radius 3 is 2.14 bits per heavy atom. The van der Waals surface area contributed by atoms with Gasteiger partial charge in [-0.25, -0.2) is 0 Å². The first-order chi connectivity index (χ1) is 10.5. The van der Waals surface area contributed by atoms with Crippen LogP contribution >= 0.6 is 11.8 Å². The van der Waals surface area contributed by atoms with Crippen molar-refractivity contribution in [3.63, 3.8) is 0 Å². The summed E-state index contributed by atoms with van der Waals surface area (Å²) in [4.78, 5) is 13.4. The molecule has 5 heteroatoms. The Kier molecular flexibility index (Phi) is 3.59. The zero-order valence-electron chi connectivity index (χ0n) is 13.0. The lowest BCUT2D eigenvalue weighted by atomic mass is 9.56. The van der Waals surface area contributed by atoms with Crippen LogP contribution in [0.1, 0.15) is 45.4 Å². The van der Waals surface area contributed by atoms with E-state index in [9.17, 15) is 15.0 Å². The zero-order valence-corrected chi connectivity index (χ0v) is 13.8. The molecule has 4 saturated carbocycles. The van der Waals surface area contributed by atoms with Crippen LogP contribution in [-0.4, -0.2) is 43.5 Å². The first-order valence-corrected chi connectivity index (χ1v) is 9.35. The SMILES string of the molecule is CC(=O)N1C(O)C=CC(O)C1SC12CC3CC(CC(C3)C1)C2. The van der Waals surface area contributed by atoms with Gasteiger partial charge in [0.1, 0.15) is 17.7 Å². The fraction of sp³-hybridized carbons (Fsp3) is 0.824. The van der Waals surface area contributed by atoms with E-state index in [0.717, 1.165) is 17.8 Å². The van der Waals surface area contributed by atoms with E-state index >= 15 is 0 Å². The maximum Gasteiger partial charge on any atom is 0.222 e. The predicted octanol–water partition coefficient (Wildman–Crippen LogP) is 2.11. The number of carbonyl (C=O) groups excluding carboxylic acids is 1. The highest BCUT2D eigenvalue weighted by Crippen LogP contribution is 2.61. The van der Waals surface area contributed by atoms with E-state index in [1.54, 1.807) is 17.8 Å². The van der Waals surface area contributed by atoms with E-state index in [1.165, 1.54) is 56.4 Å². The molecule has 0 spiro atoms. The minimum absolute atomic E-state index is 0.168. The Morgan fingerprint density at radius 2 is 1.64 bits per heavy atom. The van der Waals surface area contributed by atoms with Crippen molar-refractivity contribution in [2.75, 3.05) is 0 Å². The van der Waals surface area contributed by atoms with Crippen molar-refractivity contribution in [3.05, 3.63) is 12.2 Å². The molecule has 4 fully saturated rings. The summed E-state index contributed by atoms with van der Waals surface area (Å²) in [6.07, 6.45) is 9.36. The minimum Gasteiger partial charge on any atom is -0.386 e. The number of nitrogens with zero attached hydrogens (tertiary/aromatic N) is 1. The molecule has 0 aromatic heterocycles. The summed E-state index contributed by atoms with van der Waals surface area (Å²) in [6, 6.07) is 0. The van der Waals surface area contributed by atoms with Gasteiger partial charge in [0.25, 0.3) is 0 Å². The van der Waals surface area contributed by atoms with Gasteiger partial charge >= 0.3 is 0 Å². The number of amides is 1. The molecule has 1 aliphatic heterocycles. The zero-order chi connectivity index (χ0) is 15.5. The second kappa shape index (κ2) is 5.25. The largest absolute Gasteiger partial charge is 0.386 e. The van der Waals surface area contributed by atoms with E-state index in [-0.39, 0.29) is 16.0 Å². The highest BCUT2D eigenvalue weighted by atomic mass is 32.2. The van der Waals surface area contributed by atoms with Gasteiger partial charge in [-0.05, 0) is 62.4 Å².